The highest BCUT2D eigenvalue weighted by Gasteiger charge is 2.38. The molecule has 76 valence electrons. The van der Waals surface area contributed by atoms with E-state index in [1.807, 2.05) is 27.7 Å². The Hall–Kier alpha value is -0.770. The summed E-state index contributed by atoms with van der Waals surface area (Å²) in [5.41, 5.74) is 5.44. The number of urea groups is 1. The minimum atomic E-state index is -0.185. The Balaban J connectivity index is 2.36. The van der Waals surface area contributed by atoms with Crippen molar-refractivity contribution in [3.8, 4) is 0 Å². The van der Waals surface area contributed by atoms with Crippen molar-refractivity contribution in [3.05, 3.63) is 0 Å². The molecule has 1 saturated heterocycles. The van der Waals surface area contributed by atoms with Crippen LogP contribution in [0.25, 0.3) is 0 Å². The number of hydrogen-bond donors (Lipinski definition) is 2. The van der Waals surface area contributed by atoms with Crippen LogP contribution in [0.4, 0.5) is 4.79 Å². The van der Waals surface area contributed by atoms with Crippen molar-refractivity contribution < 1.29 is 4.79 Å². The van der Waals surface area contributed by atoms with Gasteiger partial charge in [0.2, 0.25) is 0 Å². The number of carbonyl (C=O) groups excluding carboxylic acids is 1. The zero-order valence-corrected chi connectivity index (χ0v) is 8.85. The van der Waals surface area contributed by atoms with Crippen LogP contribution >= 0.6 is 0 Å². The largest absolute Gasteiger partial charge is 0.333 e. The van der Waals surface area contributed by atoms with Gasteiger partial charge in [-0.25, -0.2) is 4.79 Å². The second-order valence-corrected chi connectivity index (χ2v) is 5.19. The van der Waals surface area contributed by atoms with Crippen molar-refractivity contribution in [2.45, 2.75) is 38.8 Å². The summed E-state index contributed by atoms with van der Waals surface area (Å²) in [6, 6.07) is -0.0181. The molecule has 1 aliphatic heterocycles. The van der Waals surface area contributed by atoms with Crippen molar-refractivity contribution in [1.29, 1.82) is 0 Å². The highest BCUT2D eigenvalue weighted by molar-refractivity contribution is 5.76. The SMILES string of the molecule is CC1(N)CN(C(=O)NC(C)(C)C)C1. The van der Waals surface area contributed by atoms with E-state index >= 15 is 0 Å². The first-order valence-corrected chi connectivity index (χ1v) is 4.56. The average molecular weight is 185 g/mol. The van der Waals surface area contributed by atoms with Gasteiger partial charge in [-0.1, -0.05) is 0 Å². The molecule has 0 radical (unpaired) electrons. The lowest BCUT2D eigenvalue weighted by Crippen LogP contribution is -2.69. The van der Waals surface area contributed by atoms with Crippen LogP contribution in [0.15, 0.2) is 0 Å². The Morgan fingerprint density at radius 1 is 1.46 bits per heavy atom. The summed E-state index contributed by atoms with van der Waals surface area (Å²) in [7, 11) is 0. The molecule has 0 aliphatic carbocycles. The van der Waals surface area contributed by atoms with Crippen LogP contribution in [0.5, 0.6) is 0 Å². The first kappa shape index (κ1) is 10.3. The fourth-order valence-corrected chi connectivity index (χ4v) is 1.37. The van der Waals surface area contributed by atoms with E-state index in [4.69, 9.17) is 5.73 Å². The number of rotatable bonds is 0. The molecule has 0 aromatic heterocycles. The van der Waals surface area contributed by atoms with E-state index in [9.17, 15) is 4.79 Å². The maximum Gasteiger partial charge on any atom is 0.317 e. The highest BCUT2D eigenvalue weighted by atomic mass is 16.2. The molecule has 1 fully saturated rings. The van der Waals surface area contributed by atoms with Crippen LogP contribution in [-0.4, -0.2) is 35.1 Å². The van der Waals surface area contributed by atoms with Crippen molar-refractivity contribution in [2.24, 2.45) is 5.73 Å². The van der Waals surface area contributed by atoms with E-state index in [2.05, 4.69) is 5.32 Å². The predicted molar refractivity (Wildman–Crippen MR) is 52.5 cm³/mol. The molecule has 0 spiro atoms. The third-order valence-electron chi connectivity index (χ3n) is 1.87. The van der Waals surface area contributed by atoms with Crippen LogP contribution in [-0.2, 0) is 0 Å². The molecule has 0 atom stereocenters. The lowest BCUT2D eigenvalue weighted by Gasteiger charge is -2.46. The molecule has 3 N–H and O–H groups in total. The summed E-state index contributed by atoms with van der Waals surface area (Å²) in [6.45, 7) is 9.14. The van der Waals surface area contributed by atoms with Gasteiger partial charge in [-0.2, -0.15) is 0 Å². The van der Waals surface area contributed by atoms with Gasteiger partial charge in [0.25, 0.3) is 0 Å². The zero-order valence-electron chi connectivity index (χ0n) is 8.85. The molecule has 1 rings (SSSR count). The highest BCUT2D eigenvalue weighted by Crippen LogP contribution is 2.17. The molecule has 13 heavy (non-hydrogen) atoms. The topological polar surface area (TPSA) is 58.4 Å². The molecule has 0 unspecified atom stereocenters. The van der Waals surface area contributed by atoms with Crippen molar-refractivity contribution in [2.75, 3.05) is 13.1 Å². The molecule has 0 aromatic rings. The average Bonchev–Trinajstić information content (AvgIpc) is 1.77. The second kappa shape index (κ2) is 2.87. The molecule has 0 saturated carbocycles. The molecule has 0 aromatic carbocycles. The summed E-state index contributed by atoms with van der Waals surface area (Å²) in [5, 5.41) is 2.89. The Morgan fingerprint density at radius 3 is 2.23 bits per heavy atom. The van der Waals surface area contributed by atoms with E-state index < -0.39 is 0 Å². The lowest BCUT2D eigenvalue weighted by molar-refractivity contribution is 0.102. The van der Waals surface area contributed by atoms with E-state index in [1.54, 1.807) is 4.90 Å². The maximum absolute atomic E-state index is 11.5. The monoisotopic (exact) mass is 185 g/mol. The van der Waals surface area contributed by atoms with Gasteiger partial charge in [0, 0.05) is 24.2 Å². The van der Waals surface area contributed by atoms with E-state index in [-0.39, 0.29) is 17.1 Å². The van der Waals surface area contributed by atoms with Crippen molar-refractivity contribution in [1.82, 2.24) is 10.2 Å². The van der Waals surface area contributed by atoms with Gasteiger partial charge in [0.05, 0.1) is 0 Å². The molecule has 4 nitrogen and oxygen atoms in total. The van der Waals surface area contributed by atoms with E-state index in [1.165, 1.54) is 0 Å². The molecule has 0 bridgehead atoms. The van der Waals surface area contributed by atoms with Crippen LogP contribution in [0.3, 0.4) is 0 Å². The van der Waals surface area contributed by atoms with E-state index in [0.29, 0.717) is 13.1 Å². The third kappa shape index (κ3) is 2.88. The number of carbonyl (C=O) groups is 1. The van der Waals surface area contributed by atoms with E-state index in [0.717, 1.165) is 0 Å². The van der Waals surface area contributed by atoms with Gasteiger partial charge in [-0.3, -0.25) is 0 Å². The standard InChI is InChI=1S/C9H19N3O/c1-8(2,3)11-7(13)12-5-9(4,10)6-12/h5-6,10H2,1-4H3,(H,11,13). The first-order valence-electron chi connectivity index (χ1n) is 4.56. The van der Waals surface area contributed by atoms with Crippen molar-refractivity contribution >= 4 is 6.03 Å². The molecule has 4 heteroatoms. The summed E-state index contributed by atoms with van der Waals surface area (Å²) in [6.07, 6.45) is 0. The smallest absolute Gasteiger partial charge is 0.317 e. The molecular weight excluding hydrogens is 166 g/mol. The molecular formula is C9H19N3O. The van der Waals surface area contributed by atoms with Crippen LogP contribution in [0.2, 0.25) is 0 Å². The number of nitrogens with zero attached hydrogens (tertiary/aromatic N) is 1. The Kier molecular flexibility index (Phi) is 2.28. The number of nitrogens with one attached hydrogen (secondary N) is 1. The predicted octanol–water partition coefficient (Wildman–Crippen LogP) is 0.527. The van der Waals surface area contributed by atoms with Crippen LogP contribution in [0, 0.1) is 0 Å². The molecule has 2 amide bonds. The van der Waals surface area contributed by atoms with Crippen molar-refractivity contribution in [3.63, 3.8) is 0 Å². The lowest BCUT2D eigenvalue weighted by atomic mass is 9.94. The minimum absolute atomic E-state index is 0.0181. The fraction of sp³-hybridized carbons (Fsp3) is 0.889. The zero-order chi connectivity index (χ0) is 10.3. The Labute approximate surface area is 79.5 Å². The first-order chi connectivity index (χ1) is 5.70. The minimum Gasteiger partial charge on any atom is -0.333 e. The van der Waals surface area contributed by atoms with Gasteiger partial charge in [0.15, 0.2) is 0 Å². The number of hydrogen-bond acceptors (Lipinski definition) is 2. The fourth-order valence-electron chi connectivity index (χ4n) is 1.37. The third-order valence-corrected chi connectivity index (χ3v) is 1.87. The van der Waals surface area contributed by atoms with Gasteiger partial charge in [-0.15, -0.1) is 0 Å². The van der Waals surface area contributed by atoms with Gasteiger partial charge >= 0.3 is 6.03 Å². The summed E-state index contributed by atoms with van der Waals surface area (Å²) >= 11 is 0. The van der Waals surface area contributed by atoms with Crippen LogP contribution < -0.4 is 11.1 Å². The summed E-state index contributed by atoms with van der Waals surface area (Å²) in [5.74, 6) is 0. The van der Waals surface area contributed by atoms with Gasteiger partial charge in [0.1, 0.15) is 0 Å². The second-order valence-electron chi connectivity index (χ2n) is 5.19. The van der Waals surface area contributed by atoms with Gasteiger partial charge < -0.3 is 16.0 Å². The Morgan fingerprint density at radius 2 is 1.92 bits per heavy atom. The summed E-state index contributed by atoms with van der Waals surface area (Å²) < 4.78 is 0. The quantitative estimate of drug-likeness (QED) is 0.578. The molecule has 1 aliphatic rings. The van der Waals surface area contributed by atoms with Gasteiger partial charge in [-0.05, 0) is 27.7 Å². The number of amides is 2. The molecule has 1 heterocycles. The van der Waals surface area contributed by atoms with Crippen LogP contribution in [0.1, 0.15) is 27.7 Å². The number of nitrogens with two attached hydrogens (primary N) is 1. The number of likely N-dealkylation sites (tertiary alicyclic amines) is 1. The maximum atomic E-state index is 11.5. The Bertz CT molecular complexity index is 209. The summed E-state index contributed by atoms with van der Waals surface area (Å²) in [4.78, 5) is 13.2. The normalized spacial score (nSPS) is 20.8.